The van der Waals surface area contributed by atoms with Gasteiger partial charge in [-0.1, -0.05) is 31.0 Å². The van der Waals surface area contributed by atoms with E-state index in [1.54, 1.807) is 19.2 Å². The van der Waals surface area contributed by atoms with Crippen LogP contribution in [0.25, 0.3) is 0 Å². The van der Waals surface area contributed by atoms with E-state index in [1.165, 1.54) is 25.7 Å². The molecule has 0 unspecified atom stereocenters. The van der Waals surface area contributed by atoms with Crippen LogP contribution in [0.4, 0.5) is 4.39 Å². The van der Waals surface area contributed by atoms with Gasteiger partial charge >= 0.3 is 0 Å². The average molecular weight is 547 g/mol. The Bertz CT molecular complexity index is 673. The quantitative estimate of drug-likeness (QED) is 0.274. The number of rotatable bonds is 9. The number of piperidine rings is 1. The molecule has 2 N–H and O–H groups in total. The Hall–Kier alpha value is -0.930. The van der Waals surface area contributed by atoms with Crippen molar-refractivity contribution in [2.24, 2.45) is 16.3 Å². The highest BCUT2D eigenvalue weighted by Gasteiger charge is 2.33. The molecule has 5 nitrogen and oxygen atoms in total. The molecule has 0 radical (unpaired) electrons. The van der Waals surface area contributed by atoms with Crippen molar-refractivity contribution >= 4 is 29.9 Å². The predicted octanol–water partition coefficient (Wildman–Crippen LogP) is 4.42. The third-order valence-electron chi connectivity index (χ3n) is 6.97. The van der Waals surface area contributed by atoms with Gasteiger partial charge in [-0.05, 0) is 62.6 Å². The fourth-order valence-corrected chi connectivity index (χ4v) is 4.91. The van der Waals surface area contributed by atoms with Crippen LogP contribution in [0.15, 0.2) is 29.3 Å². The highest BCUT2D eigenvalue weighted by molar-refractivity contribution is 14.0. The maximum absolute atomic E-state index is 13.9. The van der Waals surface area contributed by atoms with E-state index in [-0.39, 0.29) is 29.8 Å². The van der Waals surface area contributed by atoms with Gasteiger partial charge in [-0.2, -0.15) is 0 Å². The van der Waals surface area contributed by atoms with Gasteiger partial charge in [-0.15, -0.1) is 24.0 Å². The molecule has 1 aromatic rings. The number of methoxy groups -OCH3 is 1. The number of ether oxygens (including phenoxy) is 1. The summed E-state index contributed by atoms with van der Waals surface area (Å²) in [7, 11) is 3.64. The highest BCUT2D eigenvalue weighted by Crippen LogP contribution is 2.40. The van der Waals surface area contributed by atoms with Crippen LogP contribution in [0.5, 0.6) is 0 Å². The van der Waals surface area contributed by atoms with Crippen molar-refractivity contribution in [1.29, 1.82) is 0 Å². The standard InChI is InChI=1S/C24H39FN4O.HI/c1-26-23(28-19-24(13-16-30-2)11-5-6-12-24)27-17-20-9-14-29(15-10-20)18-21-7-3-4-8-22(21)25;/h3-4,7-8,20H,5-6,9-19H2,1-2H3,(H2,26,27,28);1H. The lowest BCUT2D eigenvalue weighted by Crippen LogP contribution is -2.46. The van der Waals surface area contributed by atoms with Crippen LogP contribution in [0.2, 0.25) is 0 Å². The van der Waals surface area contributed by atoms with Gasteiger partial charge in [-0.25, -0.2) is 4.39 Å². The molecule has 0 spiro atoms. The van der Waals surface area contributed by atoms with Crippen molar-refractivity contribution in [2.45, 2.75) is 51.5 Å². The summed E-state index contributed by atoms with van der Waals surface area (Å²) >= 11 is 0. The van der Waals surface area contributed by atoms with Gasteiger partial charge < -0.3 is 15.4 Å². The lowest BCUT2D eigenvalue weighted by Gasteiger charge is -2.33. The van der Waals surface area contributed by atoms with Crippen LogP contribution < -0.4 is 10.6 Å². The molecule has 7 heteroatoms. The Morgan fingerprint density at radius 3 is 2.55 bits per heavy atom. The van der Waals surface area contributed by atoms with E-state index in [2.05, 4.69) is 20.5 Å². The second-order valence-electron chi connectivity index (χ2n) is 9.07. The van der Waals surface area contributed by atoms with E-state index in [1.807, 2.05) is 19.2 Å². The molecule has 2 aliphatic rings. The Kier molecular flexibility index (Phi) is 11.5. The van der Waals surface area contributed by atoms with Gasteiger partial charge in [0.25, 0.3) is 0 Å². The number of hydrogen-bond donors (Lipinski definition) is 2. The van der Waals surface area contributed by atoms with Crippen LogP contribution in [-0.4, -0.2) is 57.8 Å². The van der Waals surface area contributed by atoms with Crippen molar-refractivity contribution in [2.75, 3.05) is 46.9 Å². The fourth-order valence-electron chi connectivity index (χ4n) is 4.91. The monoisotopic (exact) mass is 546 g/mol. The van der Waals surface area contributed by atoms with Crippen molar-refractivity contribution in [1.82, 2.24) is 15.5 Å². The van der Waals surface area contributed by atoms with Crippen LogP contribution in [0.3, 0.4) is 0 Å². The Balaban J connectivity index is 0.00000341. The van der Waals surface area contributed by atoms with Gasteiger partial charge in [0.15, 0.2) is 5.96 Å². The molecule has 1 saturated heterocycles. The minimum atomic E-state index is -0.0957. The first-order valence-corrected chi connectivity index (χ1v) is 11.5. The molecule has 0 bridgehead atoms. The molecule has 31 heavy (non-hydrogen) atoms. The summed E-state index contributed by atoms with van der Waals surface area (Å²) in [6.45, 7) is 5.49. The summed E-state index contributed by atoms with van der Waals surface area (Å²) in [6.07, 6.45) is 8.59. The van der Waals surface area contributed by atoms with E-state index >= 15 is 0 Å². The molecular formula is C24H40FIN4O. The van der Waals surface area contributed by atoms with Crippen LogP contribution in [-0.2, 0) is 11.3 Å². The summed E-state index contributed by atoms with van der Waals surface area (Å²) in [5, 5.41) is 7.12. The van der Waals surface area contributed by atoms with Gasteiger partial charge in [0.05, 0.1) is 0 Å². The Morgan fingerprint density at radius 2 is 1.90 bits per heavy atom. The van der Waals surface area contributed by atoms with Crippen molar-refractivity contribution in [3.8, 4) is 0 Å². The Labute approximate surface area is 204 Å². The van der Waals surface area contributed by atoms with E-state index in [0.717, 1.165) is 63.6 Å². The predicted molar refractivity (Wildman–Crippen MR) is 137 cm³/mol. The number of benzene rings is 1. The molecule has 2 fully saturated rings. The maximum Gasteiger partial charge on any atom is 0.191 e. The second kappa shape index (κ2) is 13.6. The molecule has 1 heterocycles. The number of hydrogen-bond acceptors (Lipinski definition) is 3. The molecule has 176 valence electrons. The topological polar surface area (TPSA) is 48.9 Å². The van der Waals surface area contributed by atoms with E-state index in [4.69, 9.17) is 4.74 Å². The molecule has 1 aliphatic carbocycles. The van der Waals surface area contributed by atoms with E-state index in [0.29, 0.717) is 17.9 Å². The van der Waals surface area contributed by atoms with Crippen molar-refractivity contribution in [3.63, 3.8) is 0 Å². The number of aliphatic imine (C=N–C) groups is 1. The molecule has 1 aliphatic heterocycles. The Morgan fingerprint density at radius 1 is 1.19 bits per heavy atom. The summed E-state index contributed by atoms with van der Waals surface area (Å²) in [6, 6.07) is 7.11. The van der Waals surface area contributed by atoms with Gasteiger partial charge in [0.2, 0.25) is 0 Å². The smallest absolute Gasteiger partial charge is 0.191 e. The first kappa shape index (κ1) is 26.3. The second-order valence-corrected chi connectivity index (χ2v) is 9.07. The largest absolute Gasteiger partial charge is 0.385 e. The normalized spacial score (nSPS) is 19.8. The summed E-state index contributed by atoms with van der Waals surface area (Å²) < 4.78 is 19.2. The zero-order valence-electron chi connectivity index (χ0n) is 19.2. The molecule has 3 rings (SSSR count). The summed E-state index contributed by atoms with van der Waals surface area (Å²) in [5.41, 5.74) is 1.15. The van der Waals surface area contributed by atoms with E-state index < -0.39 is 0 Å². The molecule has 0 aromatic heterocycles. The third kappa shape index (κ3) is 8.17. The molecular weight excluding hydrogens is 506 g/mol. The lowest BCUT2D eigenvalue weighted by atomic mass is 9.83. The lowest BCUT2D eigenvalue weighted by molar-refractivity contribution is 0.138. The SMILES string of the molecule is CN=C(NCC1CCN(Cc2ccccc2F)CC1)NCC1(CCOC)CCCC1.I. The number of nitrogens with zero attached hydrogens (tertiary/aromatic N) is 2. The fraction of sp³-hybridized carbons (Fsp3) is 0.708. The first-order valence-electron chi connectivity index (χ1n) is 11.5. The van der Waals surface area contributed by atoms with Crippen LogP contribution >= 0.6 is 24.0 Å². The summed E-state index contributed by atoms with van der Waals surface area (Å²) in [4.78, 5) is 6.80. The minimum Gasteiger partial charge on any atom is -0.385 e. The third-order valence-corrected chi connectivity index (χ3v) is 6.97. The average Bonchev–Trinajstić information content (AvgIpc) is 3.24. The van der Waals surface area contributed by atoms with Gasteiger partial charge in [0.1, 0.15) is 5.82 Å². The highest BCUT2D eigenvalue weighted by atomic mass is 127. The first-order chi connectivity index (χ1) is 14.6. The molecule has 0 amide bonds. The van der Waals surface area contributed by atoms with Crippen LogP contribution in [0, 0.1) is 17.2 Å². The number of halogens is 2. The molecule has 1 saturated carbocycles. The van der Waals surface area contributed by atoms with Crippen molar-refractivity contribution in [3.05, 3.63) is 35.6 Å². The van der Waals surface area contributed by atoms with Crippen molar-refractivity contribution < 1.29 is 9.13 Å². The summed E-state index contributed by atoms with van der Waals surface area (Å²) in [5.74, 6) is 1.45. The van der Waals surface area contributed by atoms with Gasteiger partial charge in [-0.3, -0.25) is 9.89 Å². The maximum atomic E-state index is 13.9. The number of guanidine groups is 1. The molecule has 1 aromatic carbocycles. The van der Waals surface area contributed by atoms with E-state index in [9.17, 15) is 4.39 Å². The number of likely N-dealkylation sites (tertiary alicyclic amines) is 1. The zero-order valence-corrected chi connectivity index (χ0v) is 21.5. The zero-order chi connectivity index (χ0) is 21.2. The van der Waals surface area contributed by atoms with Gasteiger partial charge in [0, 0.05) is 46.0 Å². The van der Waals surface area contributed by atoms with Crippen LogP contribution in [0.1, 0.15) is 50.5 Å². The minimum absolute atomic E-state index is 0. The molecule has 0 atom stereocenters. The number of nitrogens with one attached hydrogen (secondary N) is 2.